The minimum atomic E-state index is -3.63. The number of anilines is 1. The molecule has 0 fully saturated rings. The first-order valence-corrected chi connectivity index (χ1v) is 8.06. The zero-order valence-corrected chi connectivity index (χ0v) is 11.2. The Morgan fingerprint density at radius 2 is 2.24 bits per heavy atom. The molecule has 2 unspecified atom stereocenters. The van der Waals surface area contributed by atoms with E-state index in [0.29, 0.717) is 0 Å². The molecule has 0 saturated carbocycles. The second-order valence-electron chi connectivity index (χ2n) is 3.68. The van der Waals surface area contributed by atoms with Gasteiger partial charge in [-0.05, 0) is 13.0 Å². The van der Waals surface area contributed by atoms with Crippen molar-refractivity contribution in [3.05, 3.63) is 18.3 Å². The average molecular weight is 277 g/mol. The van der Waals surface area contributed by atoms with Crippen LogP contribution >= 0.6 is 0 Å². The average Bonchev–Trinajstić information content (AvgIpc) is 2.15. The maximum Gasteiger partial charge on any atom is 0.241 e. The highest BCUT2D eigenvalue weighted by Crippen LogP contribution is 2.10. The molecule has 0 aliphatic rings. The molecule has 6 nitrogen and oxygen atoms in total. The number of aromatic nitrogens is 1. The van der Waals surface area contributed by atoms with Crippen molar-refractivity contribution in [1.82, 2.24) is 9.71 Å². The molecule has 8 heteroatoms. The lowest BCUT2D eigenvalue weighted by Crippen LogP contribution is -2.36. The highest BCUT2D eigenvalue weighted by atomic mass is 32.2. The highest BCUT2D eigenvalue weighted by molar-refractivity contribution is 7.89. The maximum absolute atomic E-state index is 11.9. The lowest BCUT2D eigenvalue weighted by atomic mass is 10.4. The van der Waals surface area contributed by atoms with E-state index in [4.69, 9.17) is 5.73 Å². The summed E-state index contributed by atoms with van der Waals surface area (Å²) in [6.07, 6.45) is 2.85. The van der Waals surface area contributed by atoms with Crippen LogP contribution in [-0.2, 0) is 20.8 Å². The molecule has 0 bridgehead atoms. The molecule has 0 aromatic carbocycles. The Hall–Kier alpha value is -0.990. The molecule has 0 amide bonds. The third-order valence-corrected chi connectivity index (χ3v) is 4.46. The molecule has 0 aliphatic carbocycles. The minimum absolute atomic E-state index is 0.0544. The molecule has 0 aliphatic heterocycles. The second kappa shape index (κ2) is 5.56. The Balaban J connectivity index is 2.86. The van der Waals surface area contributed by atoms with Crippen LogP contribution < -0.4 is 10.5 Å². The number of nitrogens with one attached hydrogen (secondary N) is 1. The first kappa shape index (κ1) is 14.1. The summed E-state index contributed by atoms with van der Waals surface area (Å²) in [5.74, 6) is 0.402. The molecule has 1 aromatic heterocycles. The number of sulfonamides is 1. The van der Waals surface area contributed by atoms with Crippen LogP contribution in [0.1, 0.15) is 6.92 Å². The molecule has 17 heavy (non-hydrogen) atoms. The van der Waals surface area contributed by atoms with Crippen molar-refractivity contribution in [3.63, 3.8) is 0 Å². The quantitative estimate of drug-likeness (QED) is 0.770. The van der Waals surface area contributed by atoms with Crippen LogP contribution in [0.25, 0.3) is 0 Å². The van der Waals surface area contributed by atoms with Crippen molar-refractivity contribution in [2.45, 2.75) is 17.9 Å². The molecule has 0 saturated heterocycles. The molecular weight excluding hydrogens is 262 g/mol. The predicted molar refractivity (Wildman–Crippen MR) is 67.4 cm³/mol. The van der Waals surface area contributed by atoms with Gasteiger partial charge in [0.2, 0.25) is 10.0 Å². The van der Waals surface area contributed by atoms with Gasteiger partial charge in [0, 0.05) is 41.1 Å². The summed E-state index contributed by atoms with van der Waals surface area (Å²) in [5, 5.41) is 0. The van der Waals surface area contributed by atoms with Crippen LogP contribution in [0.2, 0.25) is 0 Å². The van der Waals surface area contributed by atoms with Gasteiger partial charge in [-0.2, -0.15) is 0 Å². The summed E-state index contributed by atoms with van der Waals surface area (Å²) in [6, 6.07) is 2.23. The van der Waals surface area contributed by atoms with Gasteiger partial charge in [-0.25, -0.2) is 18.1 Å². The fraction of sp³-hybridized carbons (Fsp3) is 0.444. The summed E-state index contributed by atoms with van der Waals surface area (Å²) in [5.41, 5.74) is 5.41. The number of pyridine rings is 1. The van der Waals surface area contributed by atoms with Crippen molar-refractivity contribution in [2.24, 2.45) is 0 Å². The zero-order chi connectivity index (χ0) is 13.1. The molecule has 0 radical (unpaired) electrons. The topological polar surface area (TPSA) is 102 Å². The molecule has 1 heterocycles. The fourth-order valence-electron chi connectivity index (χ4n) is 1.31. The second-order valence-corrected chi connectivity index (χ2v) is 6.87. The first-order chi connectivity index (χ1) is 7.81. The van der Waals surface area contributed by atoms with E-state index < -0.39 is 26.9 Å². The monoisotopic (exact) mass is 277 g/mol. The molecule has 2 atom stereocenters. The summed E-state index contributed by atoms with van der Waals surface area (Å²) < 4.78 is 37.2. The summed E-state index contributed by atoms with van der Waals surface area (Å²) in [4.78, 5) is 3.77. The van der Waals surface area contributed by atoms with Crippen LogP contribution in [0.3, 0.4) is 0 Å². The molecule has 96 valence electrons. The zero-order valence-electron chi connectivity index (χ0n) is 9.58. The van der Waals surface area contributed by atoms with Gasteiger partial charge in [0.15, 0.2) is 0 Å². The van der Waals surface area contributed by atoms with Crippen LogP contribution in [0, 0.1) is 0 Å². The number of nitrogen functional groups attached to an aromatic ring is 1. The number of nitrogens with two attached hydrogens (primary N) is 1. The summed E-state index contributed by atoms with van der Waals surface area (Å²) in [7, 11) is -4.69. The standard InChI is InChI=1S/C9H15N3O3S2/c1-7(6-16(2)13)12-17(14,15)8-3-4-11-9(10)5-8/h3-5,7,12H,6H2,1-2H3,(H2,10,11). The van der Waals surface area contributed by atoms with E-state index in [1.165, 1.54) is 24.6 Å². The Labute approximate surface area is 103 Å². The van der Waals surface area contributed by atoms with E-state index in [2.05, 4.69) is 9.71 Å². The van der Waals surface area contributed by atoms with E-state index in [1.54, 1.807) is 6.92 Å². The number of hydrogen-bond donors (Lipinski definition) is 2. The normalized spacial score (nSPS) is 15.4. The van der Waals surface area contributed by atoms with Crippen molar-refractivity contribution >= 4 is 26.6 Å². The van der Waals surface area contributed by atoms with Gasteiger partial charge >= 0.3 is 0 Å². The van der Waals surface area contributed by atoms with Gasteiger partial charge in [0.1, 0.15) is 5.82 Å². The van der Waals surface area contributed by atoms with E-state index >= 15 is 0 Å². The molecule has 0 spiro atoms. The van der Waals surface area contributed by atoms with Gasteiger partial charge in [0.25, 0.3) is 0 Å². The van der Waals surface area contributed by atoms with Gasteiger partial charge in [-0.1, -0.05) is 0 Å². The third kappa shape index (κ3) is 4.41. The van der Waals surface area contributed by atoms with Crippen molar-refractivity contribution in [2.75, 3.05) is 17.7 Å². The Morgan fingerprint density at radius 3 is 2.76 bits per heavy atom. The summed E-state index contributed by atoms with van der Waals surface area (Å²) >= 11 is 0. The van der Waals surface area contributed by atoms with Gasteiger partial charge in [-0.15, -0.1) is 0 Å². The van der Waals surface area contributed by atoms with Crippen molar-refractivity contribution in [1.29, 1.82) is 0 Å². The smallest absolute Gasteiger partial charge is 0.241 e. The van der Waals surface area contributed by atoms with E-state index in [0.717, 1.165) is 0 Å². The lowest BCUT2D eigenvalue weighted by molar-refractivity contribution is 0.570. The SMILES string of the molecule is CC(CS(C)=O)NS(=O)(=O)c1ccnc(N)c1. The van der Waals surface area contributed by atoms with Crippen molar-refractivity contribution < 1.29 is 12.6 Å². The van der Waals surface area contributed by atoms with E-state index in [1.807, 2.05) is 0 Å². The number of rotatable bonds is 5. The van der Waals surface area contributed by atoms with Crippen LogP contribution in [0.15, 0.2) is 23.2 Å². The van der Waals surface area contributed by atoms with Crippen LogP contribution in [0.4, 0.5) is 5.82 Å². The molecule has 1 aromatic rings. The first-order valence-electron chi connectivity index (χ1n) is 4.85. The molecule has 3 N–H and O–H groups in total. The number of nitrogens with zero attached hydrogens (tertiary/aromatic N) is 1. The number of hydrogen-bond acceptors (Lipinski definition) is 5. The van der Waals surface area contributed by atoms with Gasteiger partial charge in [-0.3, -0.25) is 4.21 Å². The summed E-state index contributed by atoms with van der Waals surface area (Å²) in [6.45, 7) is 1.66. The lowest BCUT2D eigenvalue weighted by Gasteiger charge is -2.12. The molecular formula is C9H15N3O3S2. The van der Waals surface area contributed by atoms with Gasteiger partial charge in [0.05, 0.1) is 4.90 Å². The fourth-order valence-corrected chi connectivity index (χ4v) is 3.47. The Kier molecular flexibility index (Phi) is 4.61. The maximum atomic E-state index is 11.9. The minimum Gasteiger partial charge on any atom is -0.384 e. The predicted octanol–water partition coefficient (Wildman–Crippen LogP) is -0.291. The highest BCUT2D eigenvalue weighted by Gasteiger charge is 2.18. The Bertz CT molecular complexity index is 516. The Morgan fingerprint density at radius 1 is 1.59 bits per heavy atom. The third-order valence-electron chi connectivity index (χ3n) is 1.90. The van der Waals surface area contributed by atoms with Gasteiger partial charge < -0.3 is 5.73 Å². The van der Waals surface area contributed by atoms with Crippen molar-refractivity contribution in [3.8, 4) is 0 Å². The van der Waals surface area contributed by atoms with Crippen LogP contribution in [0.5, 0.6) is 0 Å². The largest absolute Gasteiger partial charge is 0.384 e. The van der Waals surface area contributed by atoms with Crippen LogP contribution in [-0.4, -0.2) is 35.7 Å². The van der Waals surface area contributed by atoms with E-state index in [-0.39, 0.29) is 16.5 Å². The molecule has 1 rings (SSSR count). The van der Waals surface area contributed by atoms with E-state index in [9.17, 15) is 12.6 Å².